The smallest absolute Gasteiger partial charge is 0.273 e. The van der Waals surface area contributed by atoms with Gasteiger partial charge in [-0.3, -0.25) is 14.7 Å². The van der Waals surface area contributed by atoms with Gasteiger partial charge in [0.1, 0.15) is 6.26 Å². The number of carbonyl (C=O) groups is 1. The summed E-state index contributed by atoms with van der Waals surface area (Å²) in [5.41, 5.74) is 2.42. The van der Waals surface area contributed by atoms with E-state index in [0.717, 1.165) is 22.7 Å². The first kappa shape index (κ1) is 22.0. The molecule has 3 aromatic rings. The zero-order valence-corrected chi connectivity index (χ0v) is 18.3. The number of aromatic nitrogens is 2. The third-order valence-electron chi connectivity index (χ3n) is 5.16. The van der Waals surface area contributed by atoms with Crippen LogP contribution in [0.1, 0.15) is 48.3 Å². The van der Waals surface area contributed by atoms with Crippen LogP contribution in [0.25, 0.3) is 0 Å². The van der Waals surface area contributed by atoms with E-state index in [0.29, 0.717) is 30.9 Å². The van der Waals surface area contributed by atoms with Gasteiger partial charge in [0.2, 0.25) is 5.89 Å². The normalized spacial score (nSPS) is 12.3. The molecule has 2 heterocycles. The van der Waals surface area contributed by atoms with E-state index in [1.165, 1.54) is 6.26 Å². The number of amides is 1. The van der Waals surface area contributed by atoms with Crippen LogP contribution in [-0.4, -0.2) is 26.8 Å². The van der Waals surface area contributed by atoms with Gasteiger partial charge in [-0.15, -0.1) is 0 Å². The maximum atomic E-state index is 12.4. The molecule has 158 valence electrons. The molecule has 0 radical (unpaired) electrons. The molecule has 7 heteroatoms. The number of nitrogens with zero attached hydrogens (tertiary/aromatic N) is 3. The largest absolute Gasteiger partial charge is 0.447 e. The molecule has 1 amide bonds. The molecule has 0 aliphatic rings. The molecule has 0 bridgehead atoms. The number of hydrogen-bond acceptors (Lipinski definition) is 5. The molecular weight excluding hydrogens is 400 g/mol. The van der Waals surface area contributed by atoms with Crippen molar-refractivity contribution in [2.75, 3.05) is 0 Å². The summed E-state index contributed by atoms with van der Waals surface area (Å²) in [6.45, 7) is 8.23. The Bertz CT molecular complexity index is 941. The Balaban J connectivity index is 1.65. The molecule has 1 N–H and O–H groups in total. The lowest BCUT2D eigenvalue weighted by molar-refractivity contribution is 0.0945. The second-order valence-electron chi connectivity index (χ2n) is 7.68. The van der Waals surface area contributed by atoms with Gasteiger partial charge >= 0.3 is 0 Å². The van der Waals surface area contributed by atoms with Crippen LogP contribution in [0, 0.1) is 5.92 Å². The molecule has 6 nitrogen and oxygen atoms in total. The van der Waals surface area contributed by atoms with Crippen molar-refractivity contribution in [3.8, 4) is 0 Å². The summed E-state index contributed by atoms with van der Waals surface area (Å²) in [6.07, 6.45) is 4.81. The minimum Gasteiger partial charge on any atom is -0.447 e. The Hall–Kier alpha value is -2.70. The third kappa shape index (κ3) is 6.15. The van der Waals surface area contributed by atoms with Crippen LogP contribution in [0.5, 0.6) is 0 Å². The topological polar surface area (TPSA) is 71.3 Å². The fourth-order valence-corrected chi connectivity index (χ4v) is 3.15. The van der Waals surface area contributed by atoms with Gasteiger partial charge < -0.3 is 9.73 Å². The van der Waals surface area contributed by atoms with Gasteiger partial charge in [0, 0.05) is 36.5 Å². The summed E-state index contributed by atoms with van der Waals surface area (Å²) in [5, 5.41) is 3.57. The molecule has 1 atom stereocenters. The van der Waals surface area contributed by atoms with Crippen molar-refractivity contribution in [1.82, 2.24) is 20.2 Å². The summed E-state index contributed by atoms with van der Waals surface area (Å²) < 4.78 is 5.61. The van der Waals surface area contributed by atoms with Gasteiger partial charge in [0.05, 0.1) is 6.54 Å². The number of carbonyl (C=O) groups excluding carboxylic acids is 1. The minimum atomic E-state index is -0.261. The SMILES string of the molecule is CC(C)C(C)N(Cc1ccc(Cl)cc1)Cc1nc(C(=O)NCc2ccncc2)co1. The van der Waals surface area contributed by atoms with Crippen molar-refractivity contribution >= 4 is 17.5 Å². The number of pyridine rings is 1. The monoisotopic (exact) mass is 426 g/mol. The van der Waals surface area contributed by atoms with E-state index in [4.69, 9.17) is 16.0 Å². The minimum absolute atomic E-state index is 0.261. The lowest BCUT2D eigenvalue weighted by Gasteiger charge is -2.30. The number of oxazole rings is 1. The molecule has 30 heavy (non-hydrogen) atoms. The highest BCUT2D eigenvalue weighted by Gasteiger charge is 2.21. The Labute approximate surface area is 182 Å². The van der Waals surface area contributed by atoms with Crippen LogP contribution in [-0.2, 0) is 19.6 Å². The number of hydrogen-bond donors (Lipinski definition) is 1. The number of rotatable bonds is 9. The van der Waals surface area contributed by atoms with Crippen molar-refractivity contribution in [2.45, 2.75) is 46.4 Å². The summed E-state index contributed by atoms with van der Waals surface area (Å²) >= 11 is 6.01. The standard InChI is InChI=1S/C23H27ClN4O2/c1-16(2)17(3)28(13-19-4-6-20(24)7-5-19)14-22-27-21(15-30-22)23(29)26-12-18-8-10-25-11-9-18/h4-11,15-17H,12-14H2,1-3H3,(H,26,29). The molecule has 1 unspecified atom stereocenters. The van der Waals surface area contributed by atoms with E-state index in [2.05, 4.69) is 41.0 Å². The zero-order valence-electron chi connectivity index (χ0n) is 17.5. The zero-order chi connectivity index (χ0) is 21.5. The number of benzene rings is 1. The predicted molar refractivity (Wildman–Crippen MR) is 117 cm³/mol. The van der Waals surface area contributed by atoms with Crippen molar-refractivity contribution in [1.29, 1.82) is 0 Å². The van der Waals surface area contributed by atoms with E-state index in [1.807, 2.05) is 36.4 Å². The predicted octanol–water partition coefficient (Wildman–Crippen LogP) is 4.70. The molecular formula is C23H27ClN4O2. The van der Waals surface area contributed by atoms with Gasteiger partial charge in [0.15, 0.2) is 5.69 Å². The Morgan fingerprint density at radius 3 is 2.43 bits per heavy atom. The fraction of sp³-hybridized carbons (Fsp3) is 0.348. The molecule has 0 aliphatic carbocycles. The molecule has 3 rings (SSSR count). The van der Waals surface area contributed by atoms with Crippen LogP contribution in [0.3, 0.4) is 0 Å². The third-order valence-corrected chi connectivity index (χ3v) is 5.42. The first-order chi connectivity index (χ1) is 14.4. The van der Waals surface area contributed by atoms with Crippen LogP contribution in [0.4, 0.5) is 0 Å². The van der Waals surface area contributed by atoms with E-state index < -0.39 is 0 Å². The second kappa shape index (κ2) is 10.4. The van der Waals surface area contributed by atoms with Gasteiger partial charge in [-0.05, 0) is 48.2 Å². The first-order valence-corrected chi connectivity index (χ1v) is 10.4. The highest BCUT2D eigenvalue weighted by molar-refractivity contribution is 6.30. The maximum Gasteiger partial charge on any atom is 0.273 e. The highest BCUT2D eigenvalue weighted by atomic mass is 35.5. The van der Waals surface area contributed by atoms with Crippen LogP contribution >= 0.6 is 11.6 Å². The molecule has 0 saturated heterocycles. The van der Waals surface area contributed by atoms with Crippen LogP contribution in [0.2, 0.25) is 5.02 Å². The molecule has 0 saturated carbocycles. The lowest BCUT2D eigenvalue weighted by Crippen LogP contribution is -2.36. The van der Waals surface area contributed by atoms with Gasteiger partial charge in [0.25, 0.3) is 5.91 Å². The van der Waals surface area contributed by atoms with E-state index >= 15 is 0 Å². The Morgan fingerprint density at radius 1 is 1.07 bits per heavy atom. The molecule has 0 spiro atoms. The average Bonchev–Trinajstić information content (AvgIpc) is 3.22. The summed E-state index contributed by atoms with van der Waals surface area (Å²) in [5.74, 6) is 0.712. The van der Waals surface area contributed by atoms with Crippen molar-refractivity contribution in [2.24, 2.45) is 5.92 Å². The Morgan fingerprint density at radius 2 is 1.77 bits per heavy atom. The Kier molecular flexibility index (Phi) is 7.60. The van der Waals surface area contributed by atoms with E-state index in [9.17, 15) is 4.79 Å². The molecule has 1 aromatic carbocycles. The number of nitrogens with one attached hydrogen (secondary N) is 1. The quantitative estimate of drug-likeness (QED) is 0.537. The van der Waals surface area contributed by atoms with Crippen molar-refractivity contribution < 1.29 is 9.21 Å². The second-order valence-corrected chi connectivity index (χ2v) is 8.12. The maximum absolute atomic E-state index is 12.4. The molecule has 2 aromatic heterocycles. The van der Waals surface area contributed by atoms with E-state index in [-0.39, 0.29) is 11.6 Å². The molecule has 0 fully saturated rings. The van der Waals surface area contributed by atoms with Crippen molar-refractivity contribution in [3.05, 3.63) is 82.8 Å². The average molecular weight is 427 g/mol. The van der Waals surface area contributed by atoms with Crippen LogP contribution in [0.15, 0.2) is 59.5 Å². The summed E-state index contributed by atoms with van der Waals surface area (Å²) in [7, 11) is 0. The number of halogens is 1. The summed E-state index contributed by atoms with van der Waals surface area (Å²) in [6, 6.07) is 11.9. The highest BCUT2D eigenvalue weighted by Crippen LogP contribution is 2.19. The first-order valence-electron chi connectivity index (χ1n) is 10.0. The van der Waals surface area contributed by atoms with Crippen LogP contribution < -0.4 is 5.32 Å². The summed E-state index contributed by atoms with van der Waals surface area (Å²) in [4.78, 5) is 23.1. The van der Waals surface area contributed by atoms with Crippen molar-refractivity contribution in [3.63, 3.8) is 0 Å². The van der Waals surface area contributed by atoms with Gasteiger partial charge in [-0.1, -0.05) is 37.6 Å². The lowest BCUT2D eigenvalue weighted by atomic mass is 10.0. The van der Waals surface area contributed by atoms with Gasteiger partial charge in [-0.2, -0.15) is 0 Å². The molecule has 0 aliphatic heterocycles. The van der Waals surface area contributed by atoms with Gasteiger partial charge in [-0.25, -0.2) is 4.98 Å². The van der Waals surface area contributed by atoms with E-state index in [1.54, 1.807) is 12.4 Å². The fourth-order valence-electron chi connectivity index (χ4n) is 3.02.